The number of aliphatic hydroxyl groups excluding tert-OH is 1. The molecular formula is C22H30O5. The van der Waals surface area contributed by atoms with E-state index in [0.29, 0.717) is 25.9 Å². The smallest absolute Gasteiger partial charge is 0.332 e. The summed E-state index contributed by atoms with van der Waals surface area (Å²) in [5.41, 5.74) is 1.04. The van der Waals surface area contributed by atoms with Crippen molar-refractivity contribution in [2.75, 3.05) is 0 Å². The summed E-state index contributed by atoms with van der Waals surface area (Å²) in [6, 6.07) is 9.77. The molecule has 1 fully saturated rings. The number of carboxylic acids is 1. The first kappa shape index (κ1) is 21.3. The normalized spacial score (nSPS) is 23.6. The van der Waals surface area contributed by atoms with Crippen LogP contribution < -0.4 is 0 Å². The predicted molar refractivity (Wildman–Crippen MR) is 103 cm³/mol. The molecule has 0 heterocycles. The Hall–Kier alpha value is -1.98. The minimum atomic E-state index is -1.44. The largest absolute Gasteiger partial charge is 0.479 e. The monoisotopic (exact) mass is 374 g/mol. The summed E-state index contributed by atoms with van der Waals surface area (Å²) in [7, 11) is 0. The van der Waals surface area contributed by atoms with Crippen LogP contribution in [-0.4, -0.2) is 34.2 Å². The van der Waals surface area contributed by atoms with Gasteiger partial charge in [-0.25, -0.2) is 4.79 Å². The van der Waals surface area contributed by atoms with Gasteiger partial charge in [0.15, 0.2) is 11.9 Å². The number of ketones is 1. The zero-order chi connectivity index (χ0) is 19.6. The molecule has 5 nitrogen and oxygen atoms in total. The second-order valence-corrected chi connectivity index (χ2v) is 7.22. The van der Waals surface area contributed by atoms with Gasteiger partial charge in [-0.15, -0.1) is 0 Å². The first-order valence-corrected chi connectivity index (χ1v) is 9.80. The Morgan fingerprint density at radius 3 is 2.63 bits per heavy atom. The lowest BCUT2D eigenvalue weighted by Crippen LogP contribution is -2.34. The van der Waals surface area contributed by atoms with Crippen molar-refractivity contribution in [2.45, 2.75) is 64.3 Å². The average molecular weight is 374 g/mol. The van der Waals surface area contributed by atoms with Crippen LogP contribution in [-0.2, 0) is 20.9 Å². The number of carbonyl (C=O) groups is 2. The quantitative estimate of drug-likeness (QED) is 0.455. The highest BCUT2D eigenvalue weighted by Gasteiger charge is 2.41. The maximum atomic E-state index is 12.1. The van der Waals surface area contributed by atoms with Crippen LogP contribution in [0.3, 0.4) is 0 Å². The molecule has 0 amide bonds. The molecule has 2 rings (SSSR count). The van der Waals surface area contributed by atoms with Crippen LogP contribution in [0.25, 0.3) is 0 Å². The van der Waals surface area contributed by atoms with Crippen LogP contribution in [0, 0.1) is 11.8 Å². The Morgan fingerprint density at radius 2 is 1.96 bits per heavy atom. The maximum Gasteiger partial charge on any atom is 0.332 e. The second kappa shape index (κ2) is 11.0. The molecule has 2 N–H and O–H groups in total. The molecule has 1 aromatic carbocycles. The molecule has 148 valence electrons. The van der Waals surface area contributed by atoms with E-state index in [-0.39, 0.29) is 17.8 Å². The van der Waals surface area contributed by atoms with E-state index >= 15 is 0 Å². The summed E-state index contributed by atoms with van der Waals surface area (Å²) < 4.78 is 6.03. The highest BCUT2D eigenvalue weighted by atomic mass is 16.5. The van der Waals surface area contributed by atoms with Gasteiger partial charge in [-0.2, -0.15) is 0 Å². The lowest BCUT2D eigenvalue weighted by Gasteiger charge is -2.24. The molecule has 1 aromatic rings. The predicted octanol–water partition coefficient (Wildman–Crippen LogP) is 3.75. The highest BCUT2D eigenvalue weighted by molar-refractivity contribution is 5.89. The zero-order valence-electron chi connectivity index (χ0n) is 15.9. The SMILES string of the molecule is CCCCCC(=O)C=C[C@@H]1[C@@H](OCc2ccccc2)CC[C@H]1C(O)C(=O)O. The Morgan fingerprint density at radius 1 is 1.22 bits per heavy atom. The van der Waals surface area contributed by atoms with Gasteiger partial charge >= 0.3 is 5.97 Å². The molecule has 0 spiro atoms. The minimum absolute atomic E-state index is 0.0423. The first-order valence-electron chi connectivity index (χ1n) is 9.80. The number of benzene rings is 1. The molecule has 0 aliphatic heterocycles. The molecule has 1 aliphatic carbocycles. The van der Waals surface area contributed by atoms with Crippen molar-refractivity contribution in [1.82, 2.24) is 0 Å². The molecule has 0 bridgehead atoms. The van der Waals surface area contributed by atoms with Crippen LogP contribution in [0.1, 0.15) is 51.0 Å². The molecule has 1 unspecified atom stereocenters. The van der Waals surface area contributed by atoms with Crippen molar-refractivity contribution in [1.29, 1.82) is 0 Å². The van der Waals surface area contributed by atoms with Crippen molar-refractivity contribution in [3.8, 4) is 0 Å². The zero-order valence-corrected chi connectivity index (χ0v) is 15.9. The van der Waals surface area contributed by atoms with E-state index in [1.54, 1.807) is 12.2 Å². The number of hydrogen-bond acceptors (Lipinski definition) is 4. The number of carbonyl (C=O) groups excluding carboxylic acids is 1. The van der Waals surface area contributed by atoms with Gasteiger partial charge in [-0.3, -0.25) is 4.79 Å². The fraction of sp³-hybridized carbons (Fsp3) is 0.545. The number of unbranched alkanes of at least 4 members (excludes halogenated alkanes) is 2. The molecule has 5 heteroatoms. The summed E-state index contributed by atoms with van der Waals surface area (Å²) in [5.74, 6) is -1.91. The van der Waals surface area contributed by atoms with E-state index < -0.39 is 18.0 Å². The molecule has 4 atom stereocenters. The number of allylic oxidation sites excluding steroid dienone is 1. The third-order valence-corrected chi connectivity index (χ3v) is 5.20. The average Bonchev–Trinajstić information content (AvgIpc) is 3.07. The number of aliphatic carboxylic acids is 1. The first-order chi connectivity index (χ1) is 13.0. The molecule has 1 saturated carbocycles. The fourth-order valence-corrected chi connectivity index (χ4v) is 3.66. The van der Waals surface area contributed by atoms with E-state index in [2.05, 4.69) is 6.92 Å². The van der Waals surface area contributed by atoms with Crippen molar-refractivity contribution in [2.24, 2.45) is 11.8 Å². The lowest BCUT2D eigenvalue weighted by molar-refractivity contribution is -0.150. The maximum absolute atomic E-state index is 12.1. The second-order valence-electron chi connectivity index (χ2n) is 7.22. The molecule has 1 aliphatic rings. The molecular weight excluding hydrogens is 344 g/mol. The van der Waals surface area contributed by atoms with Crippen LogP contribution in [0.4, 0.5) is 0 Å². The van der Waals surface area contributed by atoms with Crippen LogP contribution >= 0.6 is 0 Å². The van der Waals surface area contributed by atoms with E-state index in [1.807, 2.05) is 30.3 Å². The van der Waals surface area contributed by atoms with E-state index in [0.717, 1.165) is 24.8 Å². The summed E-state index contributed by atoms with van der Waals surface area (Å²) >= 11 is 0. The summed E-state index contributed by atoms with van der Waals surface area (Å²) in [5, 5.41) is 19.3. The van der Waals surface area contributed by atoms with Gasteiger partial charge in [0.25, 0.3) is 0 Å². The van der Waals surface area contributed by atoms with Crippen molar-refractivity contribution in [3.05, 3.63) is 48.0 Å². The molecule has 27 heavy (non-hydrogen) atoms. The van der Waals surface area contributed by atoms with Gasteiger partial charge < -0.3 is 14.9 Å². The third-order valence-electron chi connectivity index (χ3n) is 5.20. The van der Waals surface area contributed by atoms with Crippen molar-refractivity contribution < 1.29 is 24.5 Å². The third kappa shape index (κ3) is 6.60. The van der Waals surface area contributed by atoms with Gasteiger partial charge in [0.05, 0.1) is 12.7 Å². The number of ether oxygens (including phenoxy) is 1. The fourth-order valence-electron chi connectivity index (χ4n) is 3.66. The lowest BCUT2D eigenvalue weighted by atomic mass is 9.89. The Labute approximate surface area is 161 Å². The molecule has 0 radical (unpaired) electrons. The topological polar surface area (TPSA) is 83.8 Å². The van der Waals surface area contributed by atoms with E-state index in [9.17, 15) is 19.8 Å². The standard InChI is InChI=1S/C22H30O5/c1-2-3-5-10-17(23)11-12-18-19(21(24)22(25)26)13-14-20(18)27-15-16-8-6-4-7-9-16/h4,6-9,11-12,18-21,24H,2-3,5,10,13-15H2,1H3,(H,25,26)/t18-,19+,20-,21?/m0/s1. The van der Waals surface area contributed by atoms with Gasteiger partial charge in [0.1, 0.15) is 0 Å². The summed E-state index contributed by atoms with van der Waals surface area (Å²) in [6.07, 6.45) is 6.32. The van der Waals surface area contributed by atoms with Crippen LogP contribution in [0.15, 0.2) is 42.5 Å². The van der Waals surface area contributed by atoms with Gasteiger partial charge in [-0.05, 0) is 30.9 Å². The summed E-state index contributed by atoms with van der Waals surface area (Å²) in [6.45, 7) is 2.52. The minimum Gasteiger partial charge on any atom is -0.479 e. The van der Waals surface area contributed by atoms with Gasteiger partial charge in [0, 0.05) is 18.3 Å². The Balaban J connectivity index is 2.03. The number of hydrogen-bond donors (Lipinski definition) is 2. The summed E-state index contributed by atoms with van der Waals surface area (Å²) in [4.78, 5) is 23.3. The number of rotatable bonds is 11. The Kier molecular flexibility index (Phi) is 8.69. The van der Waals surface area contributed by atoms with Crippen molar-refractivity contribution >= 4 is 11.8 Å². The van der Waals surface area contributed by atoms with Gasteiger partial charge in [0.2, 0.25) is 0 Å². The van der Waals surface area contributed by atoms with E-state index in [4.69, 9.17) is 4.74 Å². The molecule has 0 aromatic heterocycles. The number of carboxylic acid groups (broad SMARTS) is 1. The highest BCUT2D eigenvalue weighted by Crippen LogP contribution is 2.38. The van der Waals surface area contributed by atoms with Crippen LogP contribution in [0.2, 0.25) is 0 Å². The van der Waals surface area contributed by atoms with Crippen molar-refractivity contribution in [3.63, 3.8) is 0 Å². The number of aliphatic hydroxyl groups is 1. The van der Waals surface area contributed by atoms with E-state index in [1.165, 1.54) is 0 Å². The Bertz CT molecular complexity index is 625. The van der Waals surface area contributed by atoms with Crippen LogP contribution in [0.5, 0.6) is 0 Å². The van der Waals surface area contributed by atoms with Gasteiger partial charge in [-0.1, -0.05) is 56.2 Å². The molecule has 0 saturated heterocycles.